The summed E-state index contributed by atoms with van der Waals surface area (Å²) in [6, 6.07) is 2.91. The fourth-order valence-corrected chi connectivity index (χ4v) is 2.64. The fraction of sp³-hybridized carbons (Fsp3) is 0.357. The Morgan fingerprint density at radius 2 is 1.81 bits per heavy atom. The quantitative estimate of drug-likeness (QED) is 0.871. The number of nitrogen functional groups attached to an aromatic ring is 1. The molecule has 0 aliphatic carbocycles. The van der Waals surface area contributed by atoms with Gasteiger partial charge in [0.15, 0.2) is 11.5 Å². The molecule has 4 N–H and O–H groups in total. The summed E-state index contributed by atoms with van der Waals surface area (Å²) in [5.74, 6) is -1.19. The van der Waals surface area contributed by atoms with E-state index in [9.17, 15) is 9.18 Å². The van der Waals surface area contributed by atoms with Crippen molar-refractivity contribution >= 4 is 28.4 Å². The largest absolute Gasteiger partial charge is 0.382 e. The van der Waals surface area contributed by atoms with E-state index in [2.05, 4.69) is 9.97 Å². The van der Waals surface area contributed by atoms with Crippen molar-refractivity contribution in [2.75, 3.05) is 23.7 Å². The van der Waals surface area contributed by atoms with Crippen molar-refractivity contribution in [3.05, 3.63) is 23.6 Å². The Kier molecular flexibility index (Phi) is 3.32. The number of halogens is 1. The van der Waals surface area contributed by atoms with E-state index in [0.717, 1.165) is 25.9 Å². The van der Waals surface area contributed by atoms with Crippen LogP contribution in [0, 0.1) is 5.82 Å². The second kappa shape index (κ2) is 5.16. The third-order valence-electron chi connectivity index (χ3n) is 3.69. The Bertz CT molecular complexity index is 712. The Balaban J connectivity index is 2.10. The zero-order chi connectivity index (χ0) is 15.0. The van der Waals surface area contributed by atoms with Crippen molar-refractivity contribution in [2.45, 2.75) is 19.3 Å². The van der Waals surface area contributed by atoms with Crippen LogP contribution in [0.15, 0.2) is 12.1 Å². The van der Waals surface area contributed by atoms with Crippen LogP contribution in [-0.4, -0.2) is 29.0 Å². The number of carbonyl (C=O) groups is 1. The van der Waals surface area contributed by atoms with Gasteiger partial charge in [0.1, 0.15) is 5.82 Å². The molecule has 1 fully saturated rings. The van der Waals surface area contributed by atoms with E-state index in [0.29, 0.717) is 11.2 Å². The summed E-state index contributed by atoms with van der Waals surface area (Å²) in [5.41, 5.74) is 11.9. The van der Waals surface area contributed by atoms with Crippen LogP contribution < -0.4 is 16.4 Å². The smallest absolute Gasteiger partial charge is 0.271 e. The van der Waals surface area contributed by atoms with Crippen LogP contribution in [0.3, 0.4) is 0 Å². The van der Waals surface area contributed by atoms with Gasteiger partial charge in [-0.25, -0.2) is 14.4 Å². The summed E-state index contributed by atoms with van der Waals surface area (Å²) in [7, 11) is 0. The number of nitrogens with two attached hydrogens (primary N) is 2. The molecule has 110 valence electrons. The highest BCUT2D eigenvalue weighted by Crippen LogP contribution is 2.27. The van der Waals surface area contributed by atoms with Gasteiger partial charge in [-0.1, -0.05) is 0 Å². The Morgan fingerprint density at radius 3 is 2.48 bits per heavy atom. The first-order valence-corrected chi connectivity index (χ1v) is 6.88. The molecule has 0 unspecified atom stereocenters. The molecule has 7 heteroatoms. The second-order valence-corrected chi connectivity index (χ2v) is 5.16. The van der Waals surface area contributed by atoms with Crippen molar-refractivity contribution in [1.29, 1.82) is 0 Å². The molecule has 3 rings (SSSR count). The number of piperidine rings is 1. The van der Waals surface area contributed by atoms with Crippen molar-refractivity contribution in [3.8, 4) is 0 Å². The van der Waals surface area contributed by atoms with E-state index in [4.69, 9.17) is 11.5 Å². The Hall–Kier alpha value is -2.44. The lowest BCUT2D eigenvalue weighted by Gasteiger charge is -2.29. The molecule has 2 aromatic rings. The van der Waals surface area contributed by atoms with Gasteiger partial charge in [0.05, 0.1) is 16.7 Å². The first-order valence-electron chi connectivity index (χ1n) is 6.88. The zero-order valence-electron chi connectivity index (χ0n) is 11.5. The topological polar surface area (TPSA) is 98.1 Å². The average Bonchev–Trinajstić information content (AvgIpc) is 2.47. The highest BCUT2D eigenvalue weighted by atomic mass is 19.1. The molecule has 1 saturated heterocycles. The molecule has 21 heavy (non-hydrogen) atoms. The first-order chi connectivity index (χ1) is 10.1. The van der Waals surface area contributed by atoms with Gasteiger partial charge >= 0.3 is 0 Å². The maximum atomic E-state index is 14.3. The van der Waals surface area contributed by atoms with Crippen molar-refractivity contribution in [3.63, 3.8) is 0 Å². The predicted molar refractivity (Wildman–Crippen MR) is 78.5 cm³/mol. The van der Waals surface area contributed by atoms with Gasteiger partial charge in [0.2, 0.25) is 0 Å². The minimum Gasteiger partial charge on any atom is -0.382 e. The number of aromatic nitrogens is 2. The van der Waals surface area contributed by atoms with Gasteiger partial charge in [-0.05, 0) is 25.3 Å². The number of primary amides is 1. The van der Waals surface area contributed by atoms with Crippen LogP contribution in [0.4, 0.5) is 15.9 Å². The molecular formula is C14H16FN5O. The maximum Gasteiger partial charge on any atom is 0.271 e. The maximum absolute atomic E-state index is 14.3. The number of benzene rings is 1. The van der Waals surface area contributed by atoms with Crippen molar-refractivity contribution < 1.29 is 9.18 Å². The minimum absolute atomic E-state index is 0.0359. The Labute approximate surface area is 121 Å². The second-order valence-electron chi connectivity index (χ2n) is 5.16. The van der Waals surface area contributed by atoms with Gasteiger partial charge in [-0.15, -0.1) is 0 Å². The Morgan fingerprint density at radius 1 is 1.14 bits per heavy atom. The van der Waals surface area contributed by atoms with Crippen LogP contribution >= 0.6 is 0 Å². The lowest BCUT2D eigenvalue weighted by atomic mass is 10.1. The number of nitrogens with zero attached hydrogens (tertiary/aromatic N) is 3. The van der Waals surface area contributed by atoms with E-state index < -0.39 is 5.91 Å². The van der Waals surface area contributed by atoms with Crippen molar-refractivity contribution in [1.82, 2.24) is 9.97 Å². The molecule has 1 aliphatic heterocycles. The summed E-state index contributed by atoms with van der Waals surface area (Å²) >= 11 is 0. The van der Waals surface area contributed by atoms with Gasteiger partial charge in [0.25, 0.3) is 5.91 Å². The summed E-state index contributed by atoms with van der Waals surface area (Å²) in [5, 5.41) is 0. The fourth-order valence-electron chi connectivity index (χ4n) is 2.64. The summed E-state index contributed by atoms with van der Waals surface area (Å²) in [4.78, 5) is 21.3. The molecule has 6 nitrogen and oxygen atoms in total. The molecule has 0 saturated carbocycles. The minimum atomic E-state index is -0.776. The van der Waals surface area contributed by atoms with E-state index in [-0.39, 0.29) is 22.8 Å². The molecular weight excluding hydrogens is 273 g/mol. The highest BCUT2D eigenvalue weighted by molar-refractivity contribution is 5.97. The molecule has 0 atom stereocenters. The molecule has 0 radical (unpaired) electrons. The first kappa shape index (κ1) is 13.5. The number of fused-ring (bicyclic) bond motifs is 1. The molecule has 1 aromatic carbocycles. The standard InChI is InChI=1S/C14H16FN5O/c15-8-6-9-10(19-13(16)12(18-9)14(17)21)7-11(8)20-4-2-1-3-5-20/h6-7H,1-5H2,(H2,16,19)(H2,17,21). The summed E-state index contributed by atoms with van der Waals surface area (Å²) in [6.07, 6.45) is 3.26. The number of hydrogen-bond acceptors (Lipinski definition) is 5. The SMILES string of the molecule is NC(=O)c1nc2cc(F)c(N3CCCCC3)cc2nc1N. The number of carbonyl (C=O) groups excluding carboxylic acids is 1. The summed E-state index contributed by atoms with van der Waals surface area (Å²) in [6.45, 7) is 1.65. The molecule has 2 heterocycles. The van der Waals surface area contributed by atoms with Gasteiger partial charge in [0, 0.05) is 19.2 Å². The highest BCUT2D eigenvalue weighted by Gasteiger charge is 2.18. The van der Waals surface area contributed by atoms with Crippen LogP contribution in [-0.2, 0) is 0 Å². The molecule has 0 bridgehead atoms. The number of rotatable bonds is 2. The van der Waals surface area contributed by atoms with E-state index in [1.54, 1.807) is 6.07 Å². The van der Waals surface area contributed by atoms with Gasteiger partial charge in [-0.2, -0.15) is 0 Å². The van der Waals surface area contributed by atoms with E-state index in [1.165, 1.54) is 12.5 Å². The van der Waals surface area contributed by atoms with Crippen molar-refractivity contribution in [2.24, 2.45) is 5.73 Å². The molecule has 1 aliphatic rings. The van der Waals surface area contributed by atoms with Gasteiger partial charge < -0.3 is 16.4 Å². The number of anilines is 2. The number of amides is 1. The predicted octanol–water partition coefficient (Wildman–Crippen LogP) is 1.44. The third-order valence-corrected chi connectivity index (χ3v) is 3.69. The molecule has 1 aromatic heterocycles. The lowest BCUT2D eigenvalue weighted by Crippen LogP contribution is -2.30. The van der Waals surface area contributed by atoms with E-state index in [1.807, 2.05) is 4.90 Å². The zero-order valence-corrected chi connectivity index (χ0v) is 11.5. The lowest BCUT2D eigenvalue weighted by molar-refractivity contribution is 0.0996. The van der Waals surface area contributed by atoms with Crippen LogP contribution in [0.1, 0.15) is 29.8 Å². The molecule has 0 spiro atoms. The van der Waals surface area contributed by atoms with E-state index >= 15 is 0 Å². The molecule has 1 amide bonds. The third kappa shape index (κ3) is 2.46. The van der Waals surface area contributed by atoms with Crippen LogP contribution in [0.25, 0.3) is 11.0 Å². The average molecular weight is 289 g/mol. The summed E-state index contributed by atoms with van der Waals surface area (Å²) < 4.78 is 14.3. The normalized spacial score (nSPS) is 15.4. The number of hydrogen-bond donors (Lipinski definition) is 2. The van der Waals surface area contributed by atoms with Crippen LogP contribution in [0.2, 0.25) is 0 Å². The monoisotopic (exact) mass is 289 g/mol. The van der Waals surface area contributed by atoms with Gasteiger partial charge in [-0.3, -0.25) is 4.79 Å². The van der Waals surface area contributed by atoms with Crippen LogP contribution in [0.5, 0.6) is 0 Å².